The summed E-state index contributed by atoms with van der Waals surface area (Å²) in [6.07, 6.45) is 0. The minimum atomic E-state index is -0.680. The Labute approximate surface area is 165 Å². The van der Waals surface area contributed by atoms with Gasteiger partial charge in [0.05, 0.1) is 18.2 Å². The Bertz CT molecular complexity index is 945. The molecular weight excluding hydrogens is 354 g/mol. The molecule has 1 N–H and O–H groups in total. The van der Waals surface area contributed by atoms with Crippen molar-refractivity contribution in [3.8, 4) is 5.75 Å². The number of ether oxygens (including phenoxy) is 1. The Kier molecular flexibility index (Phi) is 5.54. The molecule has 1 unspecified atom stereocenters. The summed E-state index contributed by atoms with van der Waals surface area (Å²) >= 11 is 0. The van der Waals surface area contributed by atoms with Crippen molar-refractivity contribution in [1.29, 1.82) is 0 Å². The quantitative estimate of drug-likeness (QED) is 0.801. The Morgan fingerprint density at radius 2 is 1.89 bits per heavy atom. The molecule has 0 bridgehead atoms. The van der Waals surface area contributed by atoms with Crippen LogP contribution < -0.4 is 9.64 Å². The zero-order valence-electron chi connectivity index (χ0n) is 16.6. The summed E-state index contributed by atoms with van der Waals surface area (Å²) in [6, 6.07) is 14.1. The molecule has 0 aromatic heterocycles. The van der Waals surface area contributed by atoms with Gasteiger partial charge < -0.3 is 9.84 Å². The van der Waals surface area contributed by atoms with Crippen molar-refractivity contribution in [3.05, 3.63) is 71.0 Å². The van der Waals surface area contributed by atoms with Gasteiger partial charge in [0.1, 0.15) is 5.75 Å². The number of rotatable bonds is 6. The minimum Gasteiger partial charge on any atom is -0.503 e. The van der Waals surface area contributed by atoms with Crippen molar-refractivity contribution in [1.82, 2.24) is 0 Å². The standard InChI is InChI=1S/C23H25NO4/c1-5-28-17-11-8-10-16(13-17)24-20(18-12-7-6-9-15(18)4)19(21(25)14(2)3)22(26)23(24)27/h6-14,20,26H,5H2,1-4H3. The lowest BCUT2D eigenvalue weighted by Crippen LogP contribution is -2.31. The van der Waals surface area contributed by atoms with Gasteiger partial charge in [-0.3, -0.25) is 14.5 Å². The molecular formula is C23H25NO4. The van der Waals surface area contributed by atoms with E-state index in [-0.39, 0.29) is 17.3 Å². The molecule has 1 atom stereocenters. The van der Waals surface area contributed by atoms with E-state index in [2.05, 4.69) is 0 Å². The van der Waals surface area contributed by atoms with E-state index >= 15 is 0 Å². The summed E-state index contributed by atoms with van der Waals surface area (Å²) in [6.45, 7) is 7.85. The first-order chi connectivity index (χ1) is 13.4. The van der Waals surface area contributed by atoms with Crippen LogP contribution in [0.25, 0.3) is 0 Å². The first-order valence-corrected chi connectivity index (χ1v) is 9.46. The highest BCUT2D eigenvalue weighted by Crippen LogP contribution is 2.43. The highest BCUT2D eigenvalue weighted by Gasteiger charge is 2.45. The summed E-state index contributed by atoms with van der Waals surface area (Å²) in [5.74, 6) is -1.01. The van der Waals surface area contributed by atoms with E-state index in [1.807, 2.05) is 44.2 Å². The Balaban J connectivity index is 2.19. The molecule has 0 spiro atoms. The minimum absolute atomic E-state index is 0.149. The largest absolute Gasteiger partial charge is 0.503 e. The second kappa shape index (κ2) is 7.89. The fourth-order valence-corrected chi connectivity index (χ4v) is 3.51. The lowest BCUT2D eigenvalue weighted by atomic mass is 9.89. The highest BCUT2D eigenvalue weighted by atomic mass is 16.5. The van der Waals surface area contributed by atoms with Crippen molar-refractivity contribution >= 4 is 17.4 Å². The number of nitrogens with zero attached hydrogens (tertiary/aromatic N) is 1. The number of anilines is 1. The van der Waals surface area contributed by atoms with E-state index in [9.17, 15) is 14.7 Å². The van der Waals surface area contributed by atoms with Crippen LogP contribution in [0.2, 0.25) is 0 Å². The molecule has 3 rings (SSSR count). The van der Waals surface area contributed by atoms with E-state index in [1.165, 1.54) is 4.90 Å². The molecule has 1 aliphatic rings. The first kappa shape index (κ1) is 19.7. The van der Waals surface area contributed by atoms with Gasteiger partial charge in [0.25, 0.3) is 5.91 Å². The molecule has 1 heterocycles. The molecule has 0 saturated carbocycles. The number of hydrogen-bond donors (Lipinski definition) is 1. The number of hydrogen-bond acceptors (Lipinski definition) is 4. The molecule has 28 heavy (non-hydrogen) atoms. The molecule has 5 heteroatoms. The Morgan fingerprint density at radius 3 is 2.54 bits per heavy atom. The Morgan fingerprint density at radius 1 is 1.18 bits per heavy atom. The number of amides is 1. The number of carbonyl (C=O) groups excluding carboxylic acids is 2. The van der Waals surface area contributed by atoms with Gasteiger partial charge in [-0.15, -0.1) is 0 Å². The lowest BCUT2D eigenvalue weighted by Gasteiger charge is -2.28. The van der Waals surface area contributed by atoms with E-state index in [4.69, 9.17) is 4.74 Å². The molecule has 5 nitrogen and oxygen atoms in total. The lowest BCUT2D eigenvalue weighted by molar-refractivity contribution is -0.119. The smallest absolute Gasteiger partial charge is 0.294 e. The molecule has 0 radical (unpaired) electrons. The number of aryl methyl sites for hydroxylation is 1. The number of aliphatic hydroxyl groups excluding tert-OH is 1. The number of carbonyl (C=O) groups is 2. The van der Waals surface area contributed by atoms with Gasteiger partial charge in [-0.2, -0.15) is 0 Å². The third-order valence-electron chi connectivity index (χ3n) is 4.89. The van der Waals surface area contributed by atoms with Crippen molar-refractivity contribution in [2.24, 2.45) is 5.92 Å². The maximum absolute atomic E-state index is 13.0. The highest BCUT2D eigenvalue weighted by molar-refractivity contribution is 6.17. The van der Waals surface area contributed by atoms with E-state index in [0.29, 0.717) is 18.0 Å². The number of ketones is 1. The van der Waals surface area contributed by atoms with Gasteiger partial charge in [0.15, 0.2) is 11.5 Å². The van der Waals surface area contributed by atoms with Gasteiger partial charge in [0.2, 0.25) is 0 Å². The summed E-state index contributed by atoms with van der Waals surface area (Å²) < 4.78 is 5.56. The maximum atomic E-state index is 13.0. The number of Topliss-reactive ketones (excluding diaryl/α,β-unsaturated/α-hetero) is 1. The van der Waals surface area contributed by atoms with Crippen LogP contribution >= 0.6 is 0 Å². The molecule has 1 aliphatic heterocycles. The van der Waals surface area contributed by atoms with E-state index in [0.717, 1.165) is 11.1 Å². The van der Waals surface area contributed by atoms with Gasteiger partial charge in [-0.1, -0.05) is 44.2 Å². The van der Waals surface area contributed by atoms with E-state index in [1.54, 1.807) is 32.0 Å². The normalized spacial score (nSPS) is 16.8. The predicted molar refractivity (Wildman–Crippen MR) is 109 cm³/mol. The zero-order chi connectivity index (χ0) is 20.4. The Hall–Kier alpha value is -3.08. The fraction of sp³-hybridized carbons (Fsp3) is 0.304. The predicted octanol–water partition coefficient (Wildman–Crippen LogP) is 4.52. The third-order valence-corrected chi connectivity index (χ3v) is 4.89. The van der Waals surface area contributed by atoms with Crippen LogP contribution in [0.4, 0.5) is 5.69 Å². The molecule has 0 fully saturated rings. The SMILES string of the molecule is CCOc1cccc(N2C(=O)C(O)=C(C(=O)C(C)C)C2c2ccccc2C)c1. The monoisotopic (exact) mass is 379 g/mol. The van der Waals surface area contributed by atoms with Crippen molar-refractivity contribution in [3.63, 3.8) is 0 Å². The van der Waals surface area contributed by atoms with Gasteiger partial charge >= 0.3 is 0 Å². The van der Waals surface area contributed by atoms with Crippen LogP contribution in [-0.2, 0) is 9.59 Å². The number of aliphatic hydroxyl groups is 1. The zero-order valence-corrected chi connectivity index (χ0v) is 16.6. The van der Waals surface area contributed by atoms with Crippen LogP contribution in [0.1, 0.15) is 37.9 Å². The molecule has 0 aliphatic carbocycles. The van der Waals surface area contributed by atoms with Crippen molar-refractivity contribution < 1.29 is 19.4 Å². The molecule has 146 valence electrons. The second-order valence-corrected chi connectivity index (χ2v) is 7.15. The summed E-state index contributed by atoms with van der Waals surface area (Å²) in [5, 5.41) is 10.6. The topological polar surface area (TPSA) is 66.8 Å². The average molecular weight is 379 g/mol. The van der Waals surface area contributed by atoms with Crippen LogP contribution in [-0.4, -0.2) is 23.4 Å². The molecule has 2 aromatic rings. The maximum Gasteiger partial charge on any atom is 0.294 e. The first-order valence-electron chi connectivity index (χ1n) is 9.46. The van der Waals surface area contributed by atoms with Gasteiger partial charge in [-0.05, 0) is 37.1 Å². The van der Waals surface area contributed by atoms with Crippen molar-refractivity contribution in [2.75, 3.05) is 11.5 Å². The van der Waals surface area contributed by atoms with Crippen LogP contribution in [0.3, 0.4) is 0 Å². The number of benzene rings is 2. The van der Waals surface area contributed by atoms with Crippen LogP contribution in [0.5, 0.6) is 5.75 Å². The molecule has 2 aromatic carbocycles. The van der Waals surface area contributed by atoms with Gasteiger partial charge in [-0.25, -0.2) is 0 Å². The van der Waals surface area contributed by atoms with Crippen molar-refractivity contribution in [2.45, 2.75) is 33.7 Å². The summed E-state index contributed by atoms with van der Waals surface area (Å²) in [5.41, 5.74) is 2.47. The van der Waals surface area contributed by atoms with Crippen LogP contribution in [0, 0.1) is 12.8 Å². The second-order valence-electron chi connectivity index (χ2n) is 7.15. The summed E-state index contributed by atoms with van der Waals surface area (Å²) in [4.78, 5) is 27.4. The molecule has 1 amide bonds. The summed E-state index contributed by atoms with van der Waals surface area (Å²) in [7, 11) is 0. The average Bonchev–Trinajstić information content (AvgIpc) is 2.93. The van der Waals surface area contributed by atoms with Gasteiger partial charge in [0, 0.05) is 17.7 Å². The van der Waals surface area contributed by atoms with E-state index < -0.39 is 17.7 Å². The fourth-order valence-electron chi connectivity index (χ4n) is 3.51. The molecule has 0 saturated heterocycles. The third kappa shape index (κ3) is 3.40. The van der Waals surface area contributed by atoms with Crippen LogP contribution in [0.15, 0.2) is 59.9 Å².